The van der Waals surface area contributed by atoms with Gasteiger partial charge < -0.3 is 9.88 Å². The van der Waals surface area contributed by atoms with E-state index in [1.807, 2.05) is 23.7 Å². The van der Waals surface area contributed by atoms with Gasteiger partial charge in [-0.05, 0) is 29.5 Å². The quantitative estimate of drug-likeness (QED) is 0.695. The summed E-state index contributed by atoms with van der Waals surface area (Å²) in [7, 11) is 2.00. The zero-order valence-corrected chi connectivity index (χ0v) is 17.4. The Morgan fingerprint density at radius 2 is 1.89 bits per heavy atom. The molecule has 27 heavy (non-hydrogen) atoms. The highest BCUT2D eigenvalue weighted by Crippen LogP contribution is 2.27. The van der Waals surface area contributed by atoms with Crippen LogP contribution in [0.2, 0.25) is 0 Å². The van der Waals surface area contributed by atoms with Crippen LogP contribution in [0.5, 0.6) is 0 Å². The van der Waals surface area contributed by atoms with Crippen molar-refractivity contribution in [1.82, 2.24) is 14.8 Å². The average Bonchev–Trinajstić information content (AvgIpc) is 3.01. The highest BCUT2D eigenvalue weighted by Gasteiger charge is 2.18. The van der Waals surface area contributed by atoms with E-state index in [9.17, 15) is 4.79 Å². The van der Waals surface area contributed by atoms with Crippen LogP contribution in [0.1, 0.15) is 63.3 Å². The normalized spacial score (nSPS) is 15.3. The number of benzene rings is 1. The molecule has 0 bridgehead atoms. The molecule has 1 saturated carbocycles. The van der Waals surface area contributed by atoms with Gasteiger partial charge in [-0.3, -0.25) is 4.79 Å². The molecule has 1 N–H and O–H groups in total. The third-order valence-corrected chi connectivity index (χ3v) is 6.33. The standard InChI is InChI=1S/C21H30N4OS/c1-15(2)17-9-11-18(12-10-17)22-20(26)14-27-21-24-23-19(25(21)3)13-16-7-5-4-6-8-16/h9-12,15-16H,4-8,13-14H2,1-3H3,(H,22,26). The Morgan fingerprint density at radius 3 is 2.56 bits per heavy atom. The number of carbonyl (C=O) groups excluding carboxylic acids is 1. The molecule has 1 fully saturated rings. The molecule has 0 unspecified atom stereocenters. The fraction of sp³-hybridized carbons (Fsp3) is 0.571. The Balaban J connectivity index is 1.49. The molecule has 1 aromatic heterocycles. The van der Waals surface area contributed by atoms with Crippen molar-refractivity contribution in [2.75, 3.05) is 11.1 Å². The van der Waals surface area contributed by atoms with E-state index in [2.05, 4.69) is 41.5 Å². The molecule has 0 atom stereocenters. The number of amides is 1. The molecule has 0 spiro atoms. The van der Waals surface area contributed by atoms with Gasteiger partial charge >= 0.3 is 0 Å². The Morgan fingerprint density at radius 1 is 1.19 bits per heavy atom. The highest BCUT2D eigenvalue weighted by atomic mass is 32.2. The summed E-state index contributed by atoms with van der Waals surface area (Å²) in [6.07, 6.45) is 7.63. The van der Waals surface area contributed by atoms with E-state index in [4.69, 9.17) is 0 Å². The van der Waals surface area contributed by atoms with Crippen molar-refractivity contribution in [2.24, 2.45) is 13.0 Å². The molecule has 0 radical (unpaired) electrons. The molecule has 1 aliphatic rings. The second kappa shape index (κ2) is 9.40. The number of hydrogen-bond donors (Lipinski definition) is 1. The lowest BCUT2D eigenvalue weighted by molar-refractivity contribution is -0.113. The van der Waals surface area contributed by atoms with Gasteiger partial charge in [-0.25, -0.2) is 0 Å². The van der Waals surface area contributed by atoms with Crippen molar-refractivity contribution in [3.05, 3.63) is 35.7 Å². The van der Waals surface area contributed by atoms with Crippen molar-refractivity contribution < 1.29 is 4.79 Å². The van der Waals surface area contributed by atoms with Crippen LogP contribution in [0.15, 0.2) is 29.4 Å². The van der Waals surface area contributed by atoms with Crippen molar-refractivity contribution in [3.63, 3.8) is 0 Å². The first-order valence-electron chi connectivity index (χ1n) is 9.94. The first-order chi connectivity index (χ1) is 13.0. The Hall–Kier alpha value is -1.82. The smallest absolute Gasteiger partial charge is 0.234 e. The van der Waals surface area contributed by atoms with Crippen LogP contribution in [0, 0.1) is 5.92 Å². The number of nitrogens with zero attached hydrogens (tertiary/aromatic N) is 3. The van der Waals surface area contributed by atoms with Gasteiger partial charge in [0.1, 0.15) is 5.82 Å². The Bertz CT molecular complexity index is 748. The lowest BCUT2D eigenvalue weighted by Crippen LogP contribution is -2.15. The topological polar surface area (TPSA) is 59.8 Å². The van der Waals surface area contributed by atoms with Gasteiger partial charge in [0.25, 0.3) is 0 Å². The summed E-state index contributed by atoms with van der Waals surface area (Å²) in [5.74, 6) is 2.57. The summed E-state index contributed by atoms with van der Waals surface area (Å²) in [4.78, 5) is 12.3. The second-order valence-electron chi connectivity index (χ2n) is 7.78. The summed E-state index contributed by atoms with van der Waals surface area (Å²) in [5, 5.41) is 12.4. The van der Waals surface area contributed by atoms with Crippen LogP contribution in [-0.4, -0.2) is 26.4 Å². The van der Waals surface area contributed by atoms with Gasteiger partial charge in [-0.1, -0.05) is 69.8 Å². The summed E-state index contributed by atoms with van der Waals surface area (Å²) in [6, 6.07) is 8.05. The molecule has 1 amide bonds. The minimum atomic E-state index is -0.0193. The van der Waals surface area contributed by atoms with E-state index in [1.54, 1.807) is 0 Å². The lowest BCUT2D eigenvalue weighted by atomic mass is 9.87. The molecule has 2 aromatic rings. The minimum absolute atomic E-state index is 0.0193. The molecule has 5 nitrogen and oxygen atoms in total. The van der Waals surface area contributed by atoms with Gasteiger partial charge in [0.15, 0.2) is 5.16 Å². The van der Waals surface area contributed by atoms with Crippen molar-refractivity contribution in [1.29, 1.82) is 0 Å². The molecule has 146 valence electrons. The van der Waals surface area contributed by atoms with Crippen LogP contribution in [0.3, 0.4) is 0 Å². The predicted octanol–water partition coefficient (Wildman–Crippen LogP) is 4.79. The minimum Gasteiger partial charge on any atom is -0.325 e. The monoisotopic (exact) mass is 386 g/mol. The maximum absolute atomic E-state index is 12.3. The molecular formula is C21H30N4OS. The fourth-order valence-electron chi connectivity index (χ4n) is 3.58. The fourth-order valence-corrected chi connectivity index (χ4v) is 4.31. The third kappa shape index (κ3) is 5.58. The predicted molar refractivity (Wildman–Crippen MR) is 111 cm³/mol. The molecule has 6 heteroatoms. The summed E-state index contributed by atoms with van der Waals surface area (Å²) >= 11 is 1.44. The first-order valence-corrected chi connectivity index (χ1v) is 10.9. The number of anilines is 1. The van der Waals surface area contributed by atoms with Crippen LogP contribution in [0.4, 0.5) is 5.69 Å². The first kappa shape index (κ1) is 19.9. The highest BCUT2D eigenvalue weighted by molar-refractivity contribution is 7.99. The molecular weight excluding hydrogens is 356 g/mol. The SMILES string of the molecule is CC(C)c1ccc(NC(=O)CSc2nnc(CC3CCCCC3)n2C)cc1. The maximum Gasteiger partial charge on any atom is 0.234 e. The van der Waals surface area contributed by atoms with Gasteiger partial charge in [-0.15, -0.1) is 10.2 Å². The Kier molecular flexibility index (Phi) is 6.94. The van der Waals surface area contributed by atoms with E-state index < -0.39 is 0 Å². The lowest BCUT2D eigenvalue weighted by Gasteiger charge is -2.20. The molecule has 1 aliphatic carbocycles. The second-order valence-corrected chi connectivity index (χ2v) is 8.72. The number of carbonyl (C=O) groups is 1. The number of thioether (sulfide) groups is 1. The van der Waals surface area contributed by atoms with Crippen LogP contribution in [0.25, 0.3) is 0 Å². The summed E-state index contributed by atoms with van der Waals surface area (Å²) < 4.78 is 2.05. The van der Waals surface area contributed by atoms with Crippen molar-refractivity contribution >= 4 is 23.4 Å². The summed E-state index contributed by atoms with van der Waals surface area (Å²) in [6.45, 7) is 4.32. The summed E-state index contributed by atoms with van der Waals surface area (Å²) in [5.41, 5.74) is 2.10. The van der Waals surface area contributed by atoms with E-state index >= 15 is 0 Å². The number of rotatable bonds is 7. The van der Waals surface area contributed by atoms with Gasteiger partial charge in [0.05, 0.1) is 5.75 Å². The van der Waals surface area contributed by atoms with E-state index in [-0.39, 0.29) is 5.91 Å². The van der Waals surface area contributed by atoms with Gasteiger partial charge in [0, 0.05) is 19.2 Å². The maximum atomic E-state index is 12.3. The average molecular weight is 387 g/mol. The third-order valence-electron chi connectivity index (χ3n) is 5.31. The molecule has 0 saturated heterocycles. The molecule has 3 rings (SSSR count). The number of nitrogens with one attached hydrogen (secondary N) is 1. The molecule has 1 aromatic carbocycles. The molecule has 0 aliphatic heterocycles. The van der Waals surface area contributed by atoms with Crippen LogP contribution in [-0.2, 0) is 18.3 Å². The van der Waals surface area contributed by atoms with Gasteiger partial charge in [-0.2, -0.15) is 0 Å². The number of hydrogen-bond acceptors (Lipinski definition) is 4. The van der Waals surface area contributed by atoms with E-state index in [1.165, 1.54) is 49.4 Å². The van der Waals surface area contributed by atoms with Crippen LogP contribution < -0.4 is 5.32 Å². The molecule has 1 heterocycles. The van der Waals surface area contributed by atoms with Crippen molar-refractivity contribution in [2.45, 2.75) is 63.4 Å². The largest absolute Gasteiger partial charge is 0.325 e. The number of aromatic nitrogens is 3. The van der Waals surface area contributed by atoms with Crippen molar-refractivity contribution in [3.8, 4) is 0 Å². The van der Waals surface area contributed by atoms with E-state index in [0.717, 1.165) is 29.0 Å². The Labute approximate surface area is 166 Å². The van der Waals surface area contributed by atoms with Crippen LogP contribution >= 0.6 is 11.8 Å². The zero-order chi connectivity index (χ0) is 19.2. The zero-order valence-electron chi connectivity index (χ0n) is 16.6. The van der Waals surface area contributed by atoms with Gasteiger partial charge in [0.2, 0.25) is 5.91 Å². The van der Waals surface area contributed by atoms with E-state index in [0.29, 0.717) is 11.7 Å².